The van der Waals surface area contributed by atoms with Gasteiger partial charge in [-0.3, -0.25) is 9.69 Å². The Kier molecular flexibility index (Phi) is 5.78. The van der Waals surface area contributed by atoms with E-state index in [1.807, 2.05) is 6.92 Å². The number of carbonyl (C=O) groups excluding carboxylic acids is 1. The van der Waals surface area contributed by atoms with Crippen molar-refractivity contribution in [1.29, 1.82) is 0 Å². The second kappa shape index (κ2) is 8.58. The summed E-state index contributed by atoms with van der Waals surface area (Å²) in [5.74, 6) is 0.586. The van der Waals surface area contributed by atoms with Crippen LogP contribution in [0.1, 0.15) is 47.2 Å². The molecule has 1 aliphatic heterocycles. The Labute approximate surface area is 193 Å². The third kappa shape index (κ3) is 4.32. The zero-order valence-electron chi connectivity index (χ0n) is 18.9. The molecule has 1 amide bonds. The largest absolute Gasteiger partial charge is 0.388 e. The van der Waals surface area contributed by atoms with Crippen LogP contribution in [-0.4, -0.2) is 52.7 Å². The van der Waals surface area contributed by atoms with Crippen LogP contribution in [-0.2, 0) is 6.42 Å². The van der Waals surface area contributed by atoms with Gasteiger partial charge in [-0.25, -0.2) is 4.98 Å². The summed E-state index contributed by atoms with van der Waals surface area (Å²) >= 11 is 1.52. The fourth-order valence-electron chi connectivity index (χ4n) is 4.89. The van der Waals surface area contributed by atoms with Crippen LogP contribution in [0.25, 0.3) is 21.2 Å². The molecule has 0 spiro atoms. The lowest BCUT2D eigenvalue weighted by atomic mass is 9.81. The first-order valence-electron chi connectivity index (χ1n) is 11.6. The average molecular weight is 450 g/mol. The molecule has 2 aliphatic rings. The first-order valence-corrected chi connectivity index (χ1v) is 12.4. The Morgan fingerprint density at radius 1 is 1.22 bits per heavy atom. The zero-order chi connectivity index (χ0) is 22.3. The van der Waals surface area contributed by atoms with Crippen molar-refractivity contribution in [2.45, 2.75) is 45.1 Å². The first kappa shape index (κ1) is 21.6. The molecule has 5 rings (SSSR count). The Hall–Kier alpha value is -2.28. The lowest BCUT2D eigenvalue weighted by Crippen LogP contribution is -2.60. The van der Waals surface area contributed by atoms with Crippen LogP contribution < -0.4 is 5.32 Å². The lowest BCUT2D eigenvalue weighted by molar-refractivity contribution is -0.0819. The fourth-order valence-corrected chi connectivity index (χ4v) is 5.94. The number of thiazole rings is 1. The molecule has 6 heteroatoms. The summed E-state index contributed by atoms with van der Waals surface area (Å²) in [5.41, 5.74) is 2.93. The second-order valence-corrected chi connectivity index (χ2v) is 10.7. The van der Waals surface area contributed by atoms with E-state index in [1.165, 1.54) is 52.5 Å². The number of likely N-dealkylation sites (tertiary alicyclic amines) is 1. The van der Waals surface area contributed by atoms with Gasteiger partial charge in [0.05, 0.1) is 16.2 Å². The third-order valence-electron chi connectivity index (χ3n) is 6.83. The maximum atomic E-state index is 12.9. The summed E-state index contributed by atoms with van der Waals surface area (Å²) in [5, 5.41) is 15.9. The Morgan fingerprint density at radius 2 is 1.97 bits per heavy atom. The number of aromatic nitrogens is 1. The molecule has 1 aliphatic carbocycles. The van der Waals surface area contributed by atoms with Crippen molar-refractivity contribution in [3.63, 3.8) is 0 Å². The van der Waals surface area contributed by atoms with Crippen LogP contribution in [0.5, 0.6) is 0 Å². The zero-order valence-corrected chi connectivity index (χ0v) is 19.7. The minimum Gasteiger partial charge on any atom is -0.388 e. The number of rotatable bonds is 7. The predicted octanol–water partition coefficient (Wildman–Crippen LogP) is 4.41. The number of nitrogens with zero attached hydrogens (tertiary/aromatic N) is 2. The molecule has 5 nitrogen and oxygen atoms in total. The normalized spacial score (nSPS) is 18.3. The van der Waals surface area contributed by atoms with E-state index in [1.54, 1.807) is 0 Å². The molecule has 168 valence electrons. The highest BCUT2D eigenvalue weighted by Crippen LogP contribution is 2.39. The molecule has 32 heavy (non-hydrogen) atoms. The van der Waals surface area contributed by atoms with Gasteiger partial charge in [-0.05, 0) is 42.5 Å². The van der Waals surface area contributed by atoms with Crippen LogP contribution in [0.15, 0.2) is 36.4 Å². The SMILES string of the molecule is Cc1ccc(-c2sc(C(=O)NCCN3CC(C)(O)C3)nc2CC2CCC2)c2ccccc12. The van der Waals surface area contributed by atoms with Gasteiger partial charge in [-0.2, -0.15) is 0 Å². The second-order valence-electron chi connectivity index (χ2n) is 9.73. The van der Waals surface area contributed by atoms with E-state index in [2.05, 4.69) is 53.5 Å². The van der Waals surface area contributed by atoms with Crippen molar-refractivity contribution in [3.8, 4) is 10.4 Å². The Bertz CT molecular complexity index is 1140. The van der Waals surface area contributed by atoms with Gasteiger partial charge in [-0.1, -0.05) is 55.7 Å². The van der Waals surface area contributed by atoms with Gasteiger partial charge in [0, 0.05) is 31.7 Å². The van der Waals surface area contributed by atoms with Crippen LogP contribution in [0, 0.1) is 12.8 Å². The number of β-amino-alcohol motifs (C(OH)–C–C–N with tert-alkyl or cyclic N) is 1. The van der Waals surface area contributed by atoms with E-state index in [-0.39, 0.29) is 5.91 Å². The highest BCUT2D eigenvalue weighted by atomic mass is 32.1. The minimum atomic E-state index is -0.582. The van der Waals surface area contributed by atoms with Gasteiger partial charge in [0.25, 0.3) is 5.91 Å². The van der Waals surface area contributed by atoms with Gasteiger partial charge < -0.3 is 10.4 Å². The molecule has 2 heterocycles. The van der Waals surface area contributed by atoms with Crippen LogP contribution in [0.4, 0.5) is 0 Å². The summed E-state index contributed by atoms with van der Waals surface area (Å²) in [4.78, 5) is 21.0. The molecule has 0 radical (unpaired) electrons. The number of nitrogens with one attached hydrogen (secondary N) is 1. The van der Waals surface area contributed by atoms with Gasteiger partial charge in [0.2, 0.25) is 0 Å². The smallest absolute Gasteiger partial charge is 0.280 e. The number of fused-ring (bicyclic) bond motifs is 1. The monoisotopic (exact) mass is 449 g/mol. The van der Waals surface area contributed by atoms with Crippen LogP contribution in [0.2, 0.25) is 0 Å². The molecule has 2 fully saturated rings. The van der Waals surface area contributed by atoms with Crippen molar-refractivity contribution >= 4 is 28.0 Å². The van der Waals surface area contributed by atoms with Crippen molar-refractivity contribution in [3.05, 3.63) is 52.7 Å². The van der Waals surface area contributed by atoms with Gasteiger partial charge in [-0.15, -0.1) is 11.3 Å². The molecule has 3 aromatic rings. The predicted molar refractivity (Wildman–Crippen MR) is 130 cm³/mol. The molecule has 2 aromatic carbocycles. The molecule has 1 saturated carbocycles. The van der Waals surface area contributed by atoms with Crippen molar-refractivity contribution in [1.82, 2.24) is 15.2 Å². The van der Waals surface area contributed by atoms with Gasteiger partial charge in [0.1, 0.15) is 0 Å². The van der Waals surface area contributed by atoms with E-state index in [0.717, 1.165) is 23.5 Å². The molecule has 1 saturated heterocycles. The molecular weight excluding hydrogens is 418 g/mol. The Morgan fingerprint density at radius 3 is 2.66 bits per heavy atom. The molecular formula is C26H31N3O2S. The number of benzene rings is 2. The Balaban J connectivity index is 1.39. The first-order chi connectivity index (χ1) is 15.4. The standard InChI is InChI=1S/C26H31N3O2S/c1-17-10-11-21(20-9-4-3-8-19(17)20)23-22(14-18-6-5-7-18)28-25(32-23)24(30)27-12-13-29-15-26(2,31)16-29/h3-4,8-11,18,31H,5-7,12-16H2,1-2H3,(H,27,30). The summed E-state index contributed by atoms with van der Waals surface area (Å²) in [7, 11) is 0. The van der Waals surface area contributed by atoms with E-state index < -0.39 is 5.60 Å². The maximum absolute atomic E-state index is 12.9. The van der Waals surface area contributed by atoms with Crippen molar-refractivity contribution < 1.29 is 9.90 Å². The highest BCUT2D eigenvalue weighted by molar-refractivity contribution is 7.17. The minimum absolute atomic E-state index is 0.0974. The number of carbonyl (C=O) groups is 1. The van der Waals surface area contributed by atoms with Gasteiger partial charge >= 0.3 is 0 Å². The van der Waals surface area contributed by atoms with Crippen LogP contribution >= 0.6 is 11.3 Å². The average Bonchev–Trinajstić information content (AvgIpc) is 3.14. The summed E-state index contributed by atoms with van der Waals surface area (Å²) < 4.78 is 0. The molecule has 0 unspecified atom stereocenters. The lowest BCUT2D eigenvalue weighted by Gasteiger charge is -2.44. The fraction of sp³-hybridized carbons (Fsp3) is 0.462. The summed E-state index contributed by atoms with van der Waals surface area (Å²) in [6.07, 6.45) is 4.76. The number of amides is 1. The maximum Gasteiger partial charge on any atom is 0.280 e. The van der Waals surface area contributed by atoms with E-state index in [9.17, 15) is 9.90 Å². The van der Waals surface area contributed by atoms with Crippen LogP contribution in [0.3, 0.4) is 0 Å². The summed E-state index contributed by atoms with van der Waals surface area (Å²) in [6.45, 7) is 6.63. The number of hydrogen-bond donors (Lipinski definition) is 2. The number of aryl methyl sites for hydroxylation is 1. The van der Waals surface area contributed by atoms with Gasteiger partial charge in [0.15, 0.2) is 5.01 Å². The summed E-state index contributed by atoms with van der Waals surface area (Å²) in [6, 6.07) is 12.9. The van der Waals surface area contributed by atoms with E-state index in [4.69, 9.17) is 4.98 Å². The molecule has 2 N–H and O–H groups in total. The third-order valence-corrected chi connectivity index (χ3v) is 7.96. The van der Waals surface area contributed by atoms with E-state index >= 15 is 0 Å². The molecule has 0 atom stereocenters. The highest BCUT2D eigenvalue weighted by Gasteiger charge is 2.35. The number of aliphatic hydroxyl groups is 1. The van der Waals surface area contributed by atoms with Crippen molar-refractivity contribution in [2.24, 2.45) is 5.92 Å². The molecule has 1 aromatic heterocycles. The molecule has 0 bridgehead atoms. The number of hydrogen-bond acceptors (Lipinski definition) is 5. The van der Waals surface area contributed by atoms with E-state index in [0.29, 0.717) is 30.6 Å². The van der Waals surface area contributed by atoms with Crippen molar-refractivity contribution in [2.75, 3.05) is 26.2 Å². The topological polar surface area (TPSA) is 65.5 Å². The quantitative estimate of drug-likeness (QED) is 0.561.